The molecule has 7 aromatic carbocycles. The Bertz CT molecular complexity index is 4110. The Balaban J connectivity index is -0.000000716. The predicted molar refractivity (Wildman–Crippen MR) is 541 cm³/mol. The minimum absolute atomic E-state index is 0.0146. The Morgan fingerprint density at radius 2 is 0.860 bits per heavy atom. The van der Waals surface area contributed by atoms with Crippen LogP contribution in [0, 0.1) is 13.8 Å². The van der Waals surface area contributed by atoms with Gasteiger partial charge in [-0.15, -0.1) is 11.7 Å². The second-order valence-electron chi connectivity index (χ2n) is 29.2. The fraction of sp³-hybridized carbons (Fsp3) is 0.494. The molecule has 5 atom stereocenters. The number of esters is 3. The van der Waals surface area contributed by atoms with Gasteiger partial charge in [-0.05, 0) is 180 Å². The summed E-state index contributed by atoms with van der Waals surface area (Å²) in [6.45, 7) is 33.7. The second-order valence-corrected chi connectivity index (χ2v) is 42.5. The summed E-state index contributed by atoms with van der Waals surface area (Å²) in [5.41, 5.74) is 6.81. The number of ether oxygens (including phenoxy) is 3. The van der Waals surface area contributed by atoms with E-state index in [1.54, 1.807) is 82.1 Å². The molecule has 0 saturated carbocycles. The maximum atomic E-state index is 12.4. The van der Waals surface area contributed by atoms with Crippen LogP contribution >= 0.6 is 24.3 Å². The molecule has 0 spiro atoms. The van der Waals surface area contributed by atoms with Gasteiger partial charge < -0.3 is 39.2 Å². The predicted octanol–water partition coefficient (Wildman–Crippen LogP) is 18.6. The van der Waals surface area contributed by atoms with Crippen LogP contribution in [-0.2, 0) is 110 Å². The number of aryl methyl sites for hydroxylation is 3. The number of carbonyl (C=O) groups excluding carboxylic acids is 3. The van der Waals surface area contributed by atoms with Crippen molar-refractivity contribution in [2.24, 2.45) is 0 Å². The smallest absolute Gasteiger partial charge is 0.309 e. The summed E-state index contributed by atoms with van der Waals surface area (Å²) in [6, 6.07) is 53.3. The number of methoxy groups -OCH3 is 3. The third kappa shape index (κ3) is 48.3. The van der Waals surface area contributed by atoms with Crippen molar-refractivity contribution in [1.29, 1.82) is 0 Å². The average Bonchev–Trinajstić information content (AvgIpc) is 0.781. The highest BCUT2D eigenvalue weighted by Gasteiger charge is 2.45. The second kappa shape index (κ2) is 63.6. The number of aromatic hydroxyl groups is 4. The van der Waals surface area contributed by atoms with Crippen LogP contribution in [0.4, 0.5) is 0 Å². The Morgan fingerprint density at radius 1 is 0.521 bits per heavy atom. The molecule has 0 heterocycles. The fourth-order valence-electron chi connectivity index (χ4n) is 13.1. The molecule has 0 amide bonds. The SMILES string of the molecule is CC.CC.CC.CC.CC.CCc1cc(C)cc(Cc2cc(CC(=O)OC)cc(C)c2O)c1O.CS.CS(=S)(=S)S.[B][B]C(CC(=O)OC)(CC([B])(CC)Cc1ccc(O)cc1)CC(C)(C)B([B])[B].[B][B]C(CC(=O)OC)(CC([B])(CC)Cc1ccc(O)cc1)CC(C)(CCS(=O)(=O)[O-])B([B])[B].c1ccc([S+](c2ccccc2)c2ccccc2)cc1. The van der Waals surface area contributed by atoms with Crippen LogP contribution in [0.1, 0.15) is 213 Å². The molecule has 7 aromatic rings. The molecule has 0 saturated heterocycles. The third-order valence-electron chi connectivity index (χ3n) is 19.3. The number of phenols is 4. The summed E-state index contributed by atoms with van der Waals surface area (Å²) < 4.78 is 48.3. The van der Waals surface area contributed by atoms with Gasteiger partial charge in [-0.25, -0.2) is 8.42 Å². The van der Waals surface area contributed by atoms with E-state index in [9.17, 15) is 47.8 Å². The summed E-state index contributed by atoms with van der Waals surface area (Å²) in [6.07, 6.45) is 6.89. The van der Waals surface area contributed by atoms with Gasteiger partial charge in [0.1, 0.15) is 23.0 Å². The van der Waals surface area contributed by atoms with E-state index in [-0.39, 0.29) is 84.4 Å². The molecular formula is C89H132B12O13S7. The molecule has 0 bridgehead atoms. The van der Waals surface area contributed by atoms with Crippen molar-refractivity contribution < 1.29 is 62.0 Å². The Morgan fingerprint density at radius 3 is 1.17 bits per heavy atom. The first-order valence-corrected chi connectivity index (χ1v) is 49.8. The lowest BCUT2D eigenvalue weighted by Gasteiger charge is -2.48. The Kier molecular flexibility index (Phi) is 64.1. The molecule has 644 valence electrons. The zero-order valence-electron chi connectivity index (χ0n) is 76.5. The molecular weight excluding hydrogens is 1630 g/mol. The minimum Gasteiger partial charge on any atom is -0.748 e. The van der Waals surface area contributed by atoms with Gasteiger partial charge in [-0.1, -0.05) is 290 Å². The summed E-state index contributed by atoms with van der Waals surface area (Å²) in [4.78, 5) is 40.1. The monoisotopic (exact) mass is 1760 g/mol. The van der Waals surface area contributed by atoms with Crippen molar-refractivity contribution >= 4 is 181 Å². The maximum absolute atomic E-state index is 12.4. The van der Waals surface area contributed by atoms with Crippen LogP contribution in [0.25, 0.3) is 0 Å². The van der Waals surface area contributed by atoms with E-state index < -0.39 is 72.9 Å². The number of hydrogen-bond donors (Lipinski definition) is 6. The lowest BCUT2D eigenvalue weighted by Crippen LogP contribution is -2.41. The maximum Gasteiger partial charge on any atom is 0.309 e. The van der Waals surface area contributed by atoms with Gasteiger partial charge in [-0.3, -0.25) is 14.4 Å². The molecule has 0 aliphatic rings. The molecule has 0 aliphatic heterocycles. The number of thiol groups is 2. The van der Waals surface area contributed by atoms with E-state index >= 15 is 0 Å². The van der Waals surface area contributed by atoms with Gasteiger partial charge in [0, 0.05) is 71.4 Å². The number of hydrogen-bond acceptors (Lipinski definition) is 16. The van der Waals surface area contributed by atoms with E-state index in [4.69, 9.17) is 76.3 Å². The molecule has 18 radical (unpaired) electrons. The van der Waals surface area contributed by atoms with Gasteiger partial charge in [0.05, 0.1) is 91.8 Å². The first kappa shape index (κ1) is 122. The first-order valence-electron chi connectivity index (χ1n) is 41.1. The van der Waals surface area contributed by atoms with Crippen molar-refractivity contribution in [3.8, 4) is 23.0 Å². The highest BCUT2D eigenvalue weighted by molar-refractivity contribution is 8.92. The normalized spacial score (nSPS) is 12.9. The van der Waals surface area contributed by atoms with E-state index in [2.05, 4.69) is 138 Å². The minimum atomic E-state index is -4.50. The molecule has 0 aliphatic carbocycles. The van der Waals surface area contributed by atoms with Crippen LogP contribution in [0.15, 0.2) is 178 Å². The Hall–Kier alpha value is -5.32. The van der Waals surface area contributed by atoms with Gasteiger partial charge in [0.25, 0.3) is 0 Å². The lowest BCUT2D eigenvalue weighted by molar-refractivity contribution is -0.142. The van der Waals surface area contributed by atoms with Gasteiger partial charge in [-0.2, -0.15) is 12.6 Å². The van der Waals surface area contributed by atoms with Crippen LogP contribution in [0.3, 0.4) is 0 Å². The molecule has 4 N–H and O–H groups in total. The zero-order valence-corrected chi connectivity index (χ0v) is 82.4. The van der Waals surface area contributed by atoms with Crippen LogP contribution in [-0.4, -0.2) is 180 Å². The van der Waals surface area contributed by atoms with Gasteiger partial charge in [0.2, 0.25) is 0 Å². The zero-order chi connectivity index (χ0) is 94.4. The van der Waals surface area contributed by atoms with Crippen molar-refractivity contribution in [3.63, 3.8) is 0 Å². The quantitative estimate of drug-likeness (QED) is 0.00429. The van der Waals surface area contributed by atoms with Gasteiger partial charge in [0.15, 0.2) is 14.7 Å². The first-order chi connectivity index (χ1) is 56.8. The molecule has 5 unspecified atom stereocenters. The van der Waals surface area contributed by atoms with Crippen LogP contribution in [0.5, 0.6) is 23.0 Å². The number of rotatable bonds is 33. The molecule has 32 heteroatoms. The molecule has 7 rings (SSSR count). The van der Waals surface area contributed by atoms with Gasteiger partial charge >= 0.3 is 17.9 Å². The summed E-state index contributed by atoms with van der Waals surface area (Å²) in [7, 11) is 52.1. The number of phenolic OH excluding ortho intramolecular Hbond substituents is 4. The van der Waals surface area contributed by atoms with Crippen molar-refractivity contribution in [1.82, 2.24) is 0 Å². The standard InChI is InChI=1S/C20H29B6O6S.C20H24O4.C19H27B6O3.C18H15S.5C2H6.CH4S4.CH4S/c1-4-19(21,11-15-5-7-16(27)8-6-15)14-20(25-22,12-17(28)32-3)13-18(2,26(23)24)9-10-33(29,30)31;1-5-15-6-12(2)7-16(20(15)23)11-17-9-14(10-18(21)24-4)8-13(3)19(17)22;1-5-18(20,10-14-6-8-15(26)9-7-14)13-19(24-21,11-16(27)28-4)12-17(2,3)25(22)23;1-4-10-16(11-5-1)19(17-12-6-2-7-13-17)18-14-8-3-9-15-18;5*1-2;1-5(2,3)4;1-2/h5-8,27H,4,9-14H2,1-3H3,(H,29,30,31);6-9,22-23H,5,10-11H2,1-4H3;6-9,26H,5,10-13H2,1-4H3;1-15H;5*1-2H3;1H3,(H,2,3,4);2H,1H3/q;;;+1;;;;;;;/p-1. The van der Waals surface area contributed by atoms with Crippen molar-refractivity contribution in [2.75, 3.05) is 39.6 Å². The molecule has 13 nitrogen and oxygen atoms in total. The van der Waals surface area contributed by atoms with E-state index in [1.165, 1.54) is 43.2 Å². The summed E-state index contributed by atoms with van der Waals surface area (Å²) in [5.74, 6) is -1.04. The highest BCUT2D eigenvalue weighted by Crippen LogP contribution is 2.58. The lowest BCUT2D eigenvalue weighted by atomic mass is 9.08. The largest absolute Gasteiger partial charge is 0.748 e. The number of carbonyl (C=O) groups is 3. The Labute approximate surface area is 768 Å². The van der Waals surface area contributed by atoms with Crippen LogP contribution < -0.4 is 0 Å². The van der Waals surface area contributed by atoms with Crippen molar-refractivity contribution in [2.45, 2.75) is 261 Å². The van der Waals surface area contributed by atoms with E-state index in [0.717, 1.165) is 39.8 Å². The topological polar surface area (TPSA) is 217 Å². The van der Waals surface area contributed by atoms with E-state index in [1.807, 2.05) is 135 Å². The summed E-state index contributed by atoms with van der Waals surface area (Å²) in [5, 5.41) is 35.2. The average molecular weight is 1760 g/mol. The summed E-state index contributed by atoms with van der Waals surface area (Å²) >= 11 is 16.5. The fourth-order valence-corrected chi connectivity index (χ4v) is 15.9. The number of benzene rings is 7. The van der Waals surface area contributed by atoms with Crippen molar-refractivity contribution in [3.05, 3.63) is 208 Å². The molecule has 121 heavy (non-hydrogen) atoms. The van der Waals surface area contributed by atoms with E-state index in [0.29, 0.717) is 56.1 Å². The highest BCUT2D eigenvalue weighted by atomic mass is 33.5. The third-order valence-corrected chi connectivity index (χ3v) is 22.2. The van der Waals surface area contributed by atoms with Crippen LogP contribution in [0.2, 0.25) is 31.9 Å². The molecule has 0 fully saturated rings. The molecule has 0 aromatic heterocycles.